The summed E-state index contributed by atoms with van der Waals surface area (Å²) in [4.78, 5) is 44.4. The molecular weight excluding hydrogens is 865 g/mol. The predicted octanol–water partition coefficient (Wildman–Crippen LogP) is 7.45. The molecule has 1 saturated carbocycles. The summed E-state index contributed by atoms with van der Waals surface area (Å²) in [7, 11) is 0. The highest BCUT2D eigenvalue weighted by Crippen LogP contribution is 2.62. The number of nitrogens with zero attached hydrogens (tertiary/aromatic N) is 4. The Morgan fingerprint density at radius 2 is 1.57 bits per heavy atom. The van der Waals surface area contributed by atoms with Crippen LogP contribution in [-0.2, 0) is 25.7 Å². The number of unbranched alkanes of at least 4 members (excludes halogenated alkanes) is 2. The minimum atomic E-state index is -1.59. The van der Waals surface area contributed by atoms with E-state index < -0.39 is 33.5 Å². The van der Waals surface area contributed by atoms with E-state index in [0.29, 0.717) is 47.6 Å². The van der Waals surface area contributed by atoms with E-state index >= 15 is 0 Å². The number of nitro groups is 2. The van der Waals surface area contributed by atoms with Crippen LogP contribution in [0.5, 0.6) is 11.5 Å². The zero-order valence-corrected chi connectivity index (χ0v) is 37.6. The van der Waals surface area contributed by atoms with Crippen molar-refractivity contribution in [3.8, 4) is 11.5 Å². The third-order valence-electron chi connectivity index (χ3n) is 12.5. The van der Waals surface area contributed by atoms with Gasteiger partial charge in [-0.15, -0.1) is 6.58 Å². The van der Waals surface area contributed by atoms with Crippen LogP contribution >= 0.6 is 0 Å². The summed E-state index contributed by atoms with van der Waals surface area (Å²) in [5.74, 6) is -1.95. The molecule has 1 fully saturated rings. The van der Waals surface area contributed by atoms with Crippen molar-refractivity contribution in [2.45, 2.75) is 69.3 Å². The lowest BCUT2D eigenvalue weighted by Gasteiger charge is -2.60. The van der Waals surface area contributed by atoms with Gasteiger partial charge in [0, 0.05) is 68.0 Å². The van der Waals surface area contributed by atoms with Crippen LogP contribution in [0.2, 0.25) is 0 Å². The molecule has 6 rings (SSSR count). The SMILES string of the molecule is C=CCOc1ccc2c(c1)[C@H]1[C@H](CCCCO)[C@@H](CCCCO)C=C3C(=NOCc4ccc([N+](=O)[O-])cc4)C[C@H](N(CCOCCO)C(=O)C=Cc4ccc([N+](=O)[O-])cc4)[C@@](OCC=C)(O2)[C@H]31. The van der Waals surface area contributed by atoms with E-state index in [1.807, 2.05) is 18.2 Å². The average Bonchev–Trinajstić information content (AvgIpc) is 3.33. The highest BCUT2D eigenvalue weighted by atomic mass is 16.7. The van der Waals surface area contributed by atoms with Gasteiger partial charge in [-0.3, -0.25) is 25.0 Å². The second kappa shape index (κ2) is 24.5. The van der Waals surface area contributed by atoms with Gasteiger partial charge in [0.2, 0.25) is 11.7 Å². The molecule has 0 aromatic heterocycles. The van der Waals surface area contributed by atoms with Crippen molar-refractivity contribution in [3.63, 3.8) is 0 Å². The molecule has 2 aliphatic carbocycles. The van der Waals surface area contributed by atoms with Gasteiger partial charge in [0.1, 0.15) is 30.8 Å². The number of carbonyl (C=O) groups excluding carboxylic acids is 1. The first-order valence-electron chi connectivity index (χ1n) is 22.7. The van der Waals surface area contributed by atoms with Gasteiger partial charge >= 0.3 is 0 Å². The number of amides is 1. The van der Waals surface area contributed by atoms with Gasteiger partial charge in [-0.2, -0.15) is 0 Å². The van der Waals surface area contributed by atoms with Gasteiger partial charge in [0.25, 0.3) is 11.4 Å². The number of carbonyl (C=O) groups is 1. The lowest BCUT2D eigenvalue weighted by atomic mass is 9.55. The molecule has 3 N–H and O–H groups in total. The number of nitro benzene ring substituents is 2. The largest absolute Gasteiger partial charge is 0.490 e. The molecule has 0 bridgehead atoms. The third-order valence-corrected chi connectivity index (χ3v) is 12.5. The highest BCUT2D eigenvalue weighted by Gasteiger charge is 2.65. The number of fused-ring (bicyclic) bond motifs is 2. The van der Waals surface area contributed by atoms with E-state index in [1.165, 1.54) is 30.3 Å². The van der Waals surface area contributed by atoms with Gasteiger partial charge < -0.3 is 44.0 Å². The molecule has 0 radical (unpaired) electrons. The number of ether oxygens (including phenoxy) is 4. The minimum Gasteiger partial charge on any atom is -0.490 e. The van der Waals surface area contributed by atoms with Crippen LogP contribution in [-0.4, -0.2) is 106 Å². The van der Waals surface area contributed by atoms with Gasteiger partial charge in [-0.1, -0.05) is 42.8 Å². The van der Waals surface area contributed by atoms with Crippen LogP contribution in [0.25, 0.3) is 6.08 Å². The van der Waals surface area contributed by atoms with Crippen LogP contribution in [0.3, 0.4) is 0 Å². The fourth-order valence-electron chi connectivity index (χ4n) is 9.51. The molecule has 1 heterocycles. The van der Waals surface area contributed by atoms with Crippen LogP contribution in [0, 0.1) is 38.0 Å². The summed E-state index contributed by atoms with van der Waals surface area (Å²) < 4.78 is 26.2. The Labute approximate surface area is 389 Å². The smallest absolute Gasteiger partial charge is 0.269 e. The number of hydrogen-bond acceptors (Lipinski definition) is 14. The highest BCUT2D eigenvalue weighted by molar-refractivity contribution is 6.03. The lowest BCUT2D eigenvalue weighted by molar-refractivity contribution is -0.385. The fraction of sp³-hybridized carbons (Fsp3) is 0.440. The van der Waals surface area contributed by atoms with Crippen molar-refractivity contribution >= 4 is 29.1 Å². The van der Waals surface area contributed by atoms with E-state index in [0.717, 1.165) is 30.4 Å². The maximum atomic E-state index is 14.9. The Balaban J connectivity index is 1.56. The molecule has 358 valence electrons. The molecule has 0 saturated heterocycles. The van der Waals surface area contributed by atoms with Crippen LogP contribution in [0.4, 0.5) is 11.4 Å². The molecule has 3 aromatic rings. The van der Waals surface area contributed by atoms with Crippen molar-refractivity contribution in [2.24, 2.45) is 22.9 Å². The molecular formula is C50H60N4O13. The number of non-ortho nitro benzene ring substituents is 2. The summed E-state index contributed by atoms with van der Waals surface area (Å²) in [6.07, 6.45) is 12.6. The van der Waals surface area contributed by atoms with Crippen LogP contribution in [0.1, 0.15) is 67.6 Å². The molecule has 1 amide bonds. The van der Waals surface area contributed by atoms with Gasteiger partial charge in [-0.05, 0) is 103 Å². The molecule has 1 aliphatic heterocycles. The van der Waals surface area contributed by atoms with Crippen molar-refractivity contribution < 1.29 is 53.7 Å². The average molecular weight is 925 g/mol. The van der Waals surface area contributed by atoms with Crippen molar-refractivity contribution in [2.75, 3.05) is 52.8 Å². The molecule has 17 heteroatoms. The summed E-state index contributed by atoms with van der Waals surface area (Å²) in [6, 6.07) is 16.5. The monoisotopic (exact) mass is 924 g/mol. The second-order valence-electron chi connectivity index (χ2n) is 16.6. The predicted molar refractivity (Wildman–Crippen MR) is 250 cm³/mol. The number of rotatable bonds is 27. The third kappa shape index (κ3) is 12.2. The lowest BCUT2D eigenvalue weighted by Crippen LogP contribution is -2.70. The van der Waals surface area contributed by atoms with E-state index in [4.69, 9.17) is 28.9 Å². The first-order chi connectivity index (χ1) is 32.6. The fourth-order valence-corrected chi connectivity index (χ4v) is 9.51. The Hall–Kier alpha value is -6.24. The number of oxime groups is 1. The standard InChI is InChI=1S/C50H60N4O13/c1-3-27-64-40-20-21-45-43(32-40)48-41(10-6-8-25-56)37(9-5-7-24-55)31-42-44(51-66-34-36-13-18-39(19-14-36)54(61)62)33-46(50(67-45,49(42)48)65-28-4-2)52(23-29-63-30-26-57)47(58)22-15-35-11-16-38(17-12-35)53(59)60/h3-4,11-22,31-32,37,41,46,48-49,55-57H,1-2,5-10,23-30,33-34H2/t37-,41+,46-,48+,49+,50+/m0/s1. The van der Waals surface area contributed by atoms with Gasteiger partial charge in [-0.25, -0.2) is 0 Å². The Morgan fingerprint density at radius 3 is 2.22 bits per heavy atom. The van der Waals surface area contributed by atoms with E-state index in [-0.39, 0.29) is 94.9 Å². The number of benzene rings is 3. The van der Waals surface area contributed by atoms with Gasteiger partial charge in [0.05, 0.1) is 47.9 Å². The maximum absolute atomic E-state index is 14.9. The number of hydrogen-bond donors (Lipinski definition) is 3. The van der Waals surface area contributed by atoms with Crippen molar-refractivity contribution in [1.29, 1.82) is 0 Å². The molecule has 67 heavy (non-hydrogen) atoms. The first-order valence-corrected chi connectivity index (χ1v) is 22.7. The normalized spacial score (nSPS) is 22.2. The van der Waals surface area contributed by atoms with E-state index in [2.05, 4.69) is 19.2 Å². The number of aliphatic hydroxyl groups is 3. The zero-order chi connectivity index (χ0) is 47.8. The molecule has 0 spiro atoms. The summed E-state index contributed by atoms with van der Waals surface area (Å²) in [5, 5.41) is 57.1. The second-order valence-corrected chi connectivity index (χ2v) is 16.6. The molecule has 0 unspecified atom stereocenters. The Kier molecular flexibility index (Phi) is 18.4. The van der Waals surface area contributed by atoms with Crippen LogP contribution < -0.4 is 9.47 Å². The van der Waals surface area contributed by atoms with Gasteiger partial charge in [0.15, 0.2) is 0 Å². The maximum Gasteiger partial charge on any atom is 0.269 e. The summed E-state index contributed by atoms with van der Waals surface area (Å²) in [6.45, 7) is 8.00. The van der Waals surface area contributed by atoms with E-state index in [1.54, 1.807) is 47.4 Å². The molecule has 6 atom stereocenters. The first kappa shape index (κ1) is 50.2. The Bertz CT molecular complexity index is 2260. The van der Waals surface area contributed by atoms with Crippen molar-refractivity contribution in [3.05, 3.63) is 147 Å². The van der Waals surface area contributed by atoms with Crippen molar-refractivity contribution in [1.82, 2.24) is 4.90 Å². The topological polar surface area (TPSA) is 226 Å². The summed E-state index contributed by atoms with van der Waals surface area (Å²) in [5.41, 5.74) is 3.23. The Morgan fingerprint density at radius 1 is 0.881 bits per heavy atom. The molecule has 3 aliphatic rings. The summed E-state index contributed by atoms with van der Waals surface area (Å²) >= 11 is 0. The van der Waals surface area contributed by atoms with E-state index in [9.17, 15) is 40.3 Å². The number of allylic oxidation sites excluding steroid dienone is 1. The number of aliphatic hydroxyl groups excluding tert-OH is 3. The van der Waals surface area contributed by atoms with Crippen LogP contribution in [0.15, 0.2) is 115 Å². The molecule has 3 aromatic carbocycles. The zero-order valence-electron chi connectivity index (χ0n) is 37.6. The molecule has 17 nitrogen and oxygen atoms in total. The quantitative estimate of drug-likeness (QED) is 0.0222. The minimum absolute atomic E-state index is 0.0195.